The maximum atomic E-state index is 9.52. The molecule has 0 amide bonds. The van der Waals surface area contributed by atoms with E-state index in [-0.39, 0.29) is 12.0 Å². The second kappa shape index (κ2) is 7.34. The first-order valence-electron chi connectivity index (χ1n) is 7.03. The normalized spacial score (nSPS) is 16.8. The van der Waals surface area contributed by atoms with Gasteiger partial charge >= 0.3 is 0 Å². The van der Waals surface area contributed by atoms with Gasteiger partial charge in [0.1, 0.15) is 0 Å². The number of ether oxygens (including phenoxy) is 1. The van der Waals surface area contributed by atoms with E-state index in [0.717, 1.165) is 45.1 Å². The van der Waals surface area contributed by atoms with Crippen molar-refractivity contribution in [2.45, 2.75) is 39.5 Å². The van der Waals surface area contributed by atoms with Crippen molar-refractivity contribution >= 4 is 0 Å². The van der Waals surface area contributed by atoms with Crippen molar-refractivity contribution in [3.63, 3.8) is 0 Å². The third kappa shape index (κ3) is 5.36. The molecule has 0 aromatic carbocycles. The Kier molecular flexibility index (Phi) is 6.45. The molecule has 0 radical (unpaired) electrons. The highest BCUT2D eigenvalue weighted by Gasteiger charge is 2.26. The zero-order chi connectivity index (χ0) is 12.7. The fraction of sp³-hybridized carbons (Fsp3) is 1.00. The van der Waals surface area contributed by atoms with Gasteiger partial charge < -0.3 is 14.7 Å². The lowest BCUT2D eigenvalue weighted by molar-refractivity contribution is 0.0538. The minimum absolute atomic E-state index is 0.0746. The van der Waals surface area contributed by atoms with Crippen LogP contribution in [0.2, 0.25) is 0 Å². The lowest BCUT2D eigenvalue weighted by Crippen LogP contribution is -2.39. The van der Waals surface area contributed by atoms with E-state index in [0.29, 0.717) is 0 Å². The van der Waals surface area contributed by atoms with Gasteiger partial charge in [0.25, 0.3) is 0 Å². The molecule has 1 aliphatic carbocycles. The Labute approximate surface area is 106 Å². The lowest BCUT2D eigenvalue weighted by atomic mass is 9.83. The zero-order valence-electron chi connectivity index (χ0n) is 11.7. The fourth-order valence-electron chi connectivity index (χ4n) is 2.15. The van der Waals surface area contributed by atoms with Gasteiger partial charge in [-0.3, -0.25) is 0 Å². The van der Waals surface area contributed by atoms with Gasteiger partial charge in [-0.2, -0.15) is 0 Å². The highest BCUT2D eigenvalue weighted by atomic mass is 16.5. The minimum Gasteiger partial charge on any atom is -0.396 e. The topological polar surface area (TPSA) is 32.7 Å². The van der Waals surface area contributed by atoms with Gasteiger partial charge in [0.05, 0.1) is 6.61 Å². The van der Waals surface area contributed by atoms with E-state index in [1.54, 1.807) is 0 Å². The van der Waals surface area contributed by atoms with E-state index in [2.05, 4.69) is 25.8 Å². The predicted octanol–water partition coefficient (Wildman–Crippen LogP) is 2.14. The Hall–Kier alpha value is -0.120. The summed E-state index contributed by atoms with van der Waals surface area (Å²) in [5.41, 5.74) is 0.0746. The van der Waals surface area contributed by atoms with E-state index in [1.165, 1.54) is 12.8 Å². The van der Waals surface area contributed by atoms with Crippen molar-refractivity contribution in [1.82, 2.24) is 4.90 Å². The molecule has 102 valence electrons. The molecule has 1 N–H and O–H groups in total. The third-order valence-electron chi connectivity index (χ3n) is 4.11. The maximum absolute atomic E-state index is 9.52. The molecule has 1 aliphatic rings. The highest BCUT2D eigenvalue weighted by molar-refractivity contribution is 4.79. The van der Waals surface area contributed by atoms with E-state index in [1.807, 2.05) is 0 Å². The van der Waals surface area contributed by atoms with Gasteiger partial charge in [0.15, 0.2) is 0 Å². The summed E-state index contributed by atoms with van der Waals surface area (Å²) in [5.74, 6) is 0.850. The summed E-state index contributed by atoms with van der Waals surface area (Å²) >= 11 is 0. The Bertz CT molecular complexity index is 192. The molecule has 17 heavy (non-hydrogen) atoms. The Morgan fingerprint density at radius 3 is 2.41 bits per heavy atom. The summed E-state index contributed by atoms with van der Waals surface area (Å²) in [5, 5.41) is 9.52. The summed E-state index contributed by atoms with van der Waals surface area (Å²) in [6.45, 7) is 8.31. The molecule has 0 aliphatic heterocycles. The van der Waals surface area contributed by atoms with E-state index < -0.39 is 0 Å². The number of aliphatic hydroxyl groups is 1. The van der Waals surface area contributed by atoms with Crippen LogP contribution < -0.4 is 0 Å². The van der Waals surface area contributed by atoms with Gasteiger partial charge in [-0.1, -0.05) is 13.8 Å². The van der Waals surface area contributed by atoms with Gasteiger partial charge in [0, 0.05) is 31.7 Å². The molecule has 0 atom stereocenters. The smallest absolute Gasteiger partial charge is 0.0593 e. The standard InChI is InChI=1S/C14H29NO2/c1-4-14(5-2,12-16)11-15(3)8-9-17-10-13-6-7-13/h13,16H,4-12H2,1-3H3. The molecule has 1 rings (SSSR count). The van der Waals surface area contributed by atoms with Crippen LogP contribution in [0.1, 0.15) is 39.5 Å². The van der Waals surface area contributed by atoms with E-state index in [9.17, 15) is 5.11 Å². The summed E-state index contributed by atoms with van der Waals surface area (Å²) in [7, 11) is 2.12. The molecule has 0 unspecified atom stereocenters. The van der Waals surface area contributed by atoms with Crippen LogP contribution in [0.4, 0.5) is 0 Å². The molecule has 0 saturated heterocycles. The number of likely N-dealkylation sites (N-methyl/N-ethyl adjacent to an activating group) is 1. The van der Waals surface area contributed by atoms with Gasteiger partial charge in [0.2, 0.25) is 0 Å². The SMILES string of the molecule is CCC(CC)(CO)CN(C)CCOCC1CC1. The minimum atomic E-state index is 0.0746. The van der Waals surface area contributed by atoms with Crippen LogP contribution in [-0.4, -0.2) is 50.0 Å². The molecule has 3 heteroatoms. The van der Waals surface area contributed by atoms with Crippen LogP contribution in [0.25, 0.3) is 0 Å². The highest BCUT2D eigenvalue weighted by Crippen LogP contribution is 2.29. The summed E-state index contributed by atoms with van der Waals surface area (Å²) in [6.07, 6.45) is 4.78. The van der Waals surface area contributed by atoms with Crippen LogP contribution in [0, 0.1) is 11.3 Å². The first-order valence-corrected chi connectivity index (χ1v) is 7.03. The molecule has 3 nitrogen and oxygen atoms in total. The molecular weight excluding hydrogens is 214 g/mol. The second-order valence-corrected chi connectivity index (χ2v) is 5.62. The molecule has 0 aromatic rings. The number of aliphatic hydroxyl groups excluding tert-OH is 1. The number of rotatable bonds is 10. The molecule has 0 heterocycles. The molecule has 0 bridgehead atoms. The largest absolute Gasteiger partial charge is 0.396 e. The maximum Gasteiger partial charge on any atom is 0.0593 e. The Morgan fingerprint density at radius 2 is 1.94 bits per heavy atom. The summed E-state index contributed by atoms with van der Waals surface area (Å²) in [4.78, 5) is 2.29. The first-order chi connectivity index (χ1) is 8.15. The van der Waals surface area contributed by atoms with Crippen molar-refractivity contribution in [3.05, 3.63) is 0 Å². The van der Waals surface area contributed by atoms with Crippen molar-refractivity contribution in [3.8, 4) is 0 Å². The predicted molar refractivity (Wildman–Crippen MR) is 71.1 cm³/mol. The number of hydrogen-bond acceptors (Lipinski definition) is 3. The van der Waals surface area contributed by atoms with Crippen LogP contribution in [0.5, 0.6) is 0 Å². The molecule has 0 spiro atoms. The van der Waals surface area contributed by atoms with Crippen molar-refractivity contribution in [2.75, 3.05) is 40.0 Å². The van der Waals surface area contributed by atoms with Crippen LogP contribution >= 0.6 is 0 Å². The number of hydrogen-bond donors (Lipinski definition) is 1. The van der Waals surface area contributed by atoms with Gasteiger partial charge in [-0.25, -0.2) is 0 Å². The Morgan fingerprint density at radius 1 is 1.29 bits per heavy atom. The van der Waals surface area contributed by atoms with Gasteiger partial charge in [-0.05, 0) is 38.6 Å². The summed E-state index contributed by atoms with van der Waals surface area (Å²) < 4.78 is 5.64. The van der Waals surface area contributed by atoms with Gasteiger partial charge in [-0.15, -0.1) is 0 Å². The van der Waals surface area contributed by atoms with Crippen molar-refractivity contribution in [1.29, 1.82) is 0 Å². The molecule has 0 aromatic heterocycles. The van der Waals surface area contributed by atoms with Crippen molar-refractivity contribution in [2.24, 2.45) is 11.3 Å². The quantitative estimate of drug-likeness (QED) is 0.597. The Balaban J connectivity index is 2.14. The molecule has 1 saturated carbocycles. The third-order valence-corrected chi connectivity index (χ3v) is 4.11. The van der Waals surface area contributed by atoms with E-state index >= 15 is 0 Å². The van der Waals surface area contributed by atoms with E-state index in [4.69, 9.17) is 4.74 Å². The van der Waals surface area contributed by atoms with Crippen LogP contribution in [0.3, 0.4) is 0 Å². The van der Waals surface area contributed by atoms with Crippen molar-refractivity contribution < 1.29 is 9.84 Å². The lowest BCUT2D eigenvalue weighted by Gasteiger charge is -2.34. The summed E-state index contributed by atoms with van der Waals surface area (Å²) in [6, 6.07) is 0. The monoisotopic (exact) mass is 243 g/mol. The first kappa shape index (κ1) is 14.9. The molecular formula is C14H29NO2. The second-order valence-electron chi connectivity index (χ2n) is 5.62. The average molecular weight is 243 g/mol. The van der Waals surface area contributed by atoms with Crippen LogP contribution in [-0.2, 0) is 4.74 Å². The number of nitrogens with zero attached hydrogens (tertiary/aromatic N) is 1. The van der Waals surface area contributed by atoms with Crippen LogP contribution in [0.15, 0.2) is 0 Å². The zero-order valence-corrected chi connectivity index (χ0v) is 11.7. The average Bonchev–Trinajstić information content (AvgIpc) is 3.16. The fourth-order valence-corrected chi connectivity index (χ4v) is 2.15. The molecule has 1 fully saturated rings.